The summed E-state index contributed by atoms with van der Waals surface area (Å²) in [6.45, 7) is 1.73. The molecule has 1 atom stereocenters. The lowest BCUT2D eigenvalue weighted by Crippen LogP contribution is -2.16. The highest BCUT2D eigenvalue weighted by Crippen LogP contribution is 2.40. The van der Waals surface area contributed by atoms with Crippen LogP contribution in [-0.2, 0) is 21.1 Å². The van der Waals surface area contributed by atoms with E-state index in [0.717, 1.165) is 0 Å². The molecule has 0 bridgehead atoms. The van der Waals surface area contributed by atoms with Crippen molar-refractivity contribution in [2.75, 3.05) is 0 Å². The minimum absolute atomic E-state index is 0.157. The van der Waals surface area contributed by atoms with E-state index in [4.69, 9.17) is 0 Å². The van der Waals surface area contributed by atoms with Crippen molar-refractivity contribution >= 4 is 21.3 Å². The number of aromatic nitrogens is 2. The summed E-state index contributed by atoms with van der Waals surface area (Å²) in [6, 6.07) is 16.8. The van der Waals surface area contributed by atoms with Gasteiger partial charge < -0.3 is 14.5 Å². The van der Waals surface area contributed by atoms with Crippen LogP contribution in [0.4, 0.5) is 0 Å². The lowest BCUT2D eigenvalue weighted by Gasteiger charge is -2.18. The molecule has 0 aliphatic carbocycles. The van der Waals surface area contributed by atoms with Crippen LogP contribution in [0.15, 0.2) is 71.9 Å². The molecular formula is C23H19N3O4S. The first-order chi connectivity index (χ1) is 14.8. The molecule has 4 aromatic rings. The van der Waals surface area contributed by atoms with E-state index in [-0.39, 0.29) is 11.3 Å². The predicted octanol–water partition coefficient (Wildman–Crippen LogP) is 3.64. The Morgan fingerprint density at radius 3 is 2.55 bits per heavy atom. The molecule has 0 saturated carbocycles. The highest BCUT2D eigenvalue weighted by atomic mass is 32.2. The van der Waals surface area contributed by atoms with Crippen LogP contribution in [0, 0.1) is 18.3 Å². The second-order valence-electron chi connectivity index (χ2n) is 7.20. The van der Waals surface area contributed by atoms with Crippen LogP contribution in [0.5, 0.6) is 0 Å². The average molecular weight is 433 g/mol. The van der Waals surface area contributed by atoms with Gasteiger partial charge in [0.2, 0.25) is 0 Å². The Morgan fingerprint density at radius 1 is 1.19 bits per heavy atom. The van der Waals surface area contributed by atoms with Crippen molar-refractivity contribution in [1.29, 1.82) is 5.26 Å². The van der Waals surface area contributed by atoms with E-state index in [2.05, 4.69) is 11.1 Å². The van der Waals surface area contributed by atoms with Gasteiger partial charge in [-0.05, 0) is 48.9 Å². The summed E-state index contributed by atoms with van der Waals surface area (Å²) in [5, 5.41) is 17.7. The maximum atomic E-state index is 13.8. The zero-order valence-corrected chi connectivity index (χ0v) is 17.4. The van der Waals surface area contributed by atoms with Crippen LogP contribution in [0.1, 0.15) is 33.3 Å². The number of carbonyl (C=O) groups is 1. The Kier molecular flexibility index (Phi) is 5.13. The molecule has 2 N–H and O–H groups in total. The van der Waals surface area contributed by atoms with Crippen LogP contribution < -0.4 is 0 Å². The SMILES string of the molecule is Cc1c(C(c2ccc[nH]2)S(=O)(=O)c2ccccc2)c2cc(C#N)ccn2c1CC(=O)O. The molecule has 0 amide bonds. The maximum Gasteiger partial charge on any atom is 0.309 e. The predicted molar refractivity (Wildman–Crippen MR) is 114 cm³/mol. The number of sulfone groups is 1. The molecule has 156 valence electrons. The zero-order valence-electron chi connectivity index (χ0n) is 16.6. The van der Waals surface area contributed by atoms with E-state index >= 15 is 0 Å². The summed E-state index contributed by atoms with van der Waals surface area (Å²) in [5.41, 5.74) is 2.81. The van der Waals surface area contributed by atoms with Crippen LogP contribution >= 0.6 is 0 Å². The van der Waals surface area contributed by atoms with E-state index in [1.807, 2.05) is 0 Å². The van der Waals surface area contributed by atoms with Crippen molar-refractivity contribution in [2.24, 2.45) is 0 Å². The highest BCUT2D eigenvalue weighted by Gasteiger charge is 2.36. The van der Waals surface area contributed by atoms with Gasteiger partial charge in [0.1, 0.15) is 5.25 Å². The topological polar surface area (TPSA) is 115 Å². The fraction of sp³-hybridized carbons (Fsp3) is 0.130. The Hall–Kier alpha value is -3.83. The third-order valence-electron chi connectivity index (χ3n) is 5.36. The molecule has 3 aromatic heterocycles. The molecule has 0 aliphatic rings. The molecule has 0 fully saturated rings. The Bertz CT molecular complexity index is 1410. The molecule has 0 spiro atoms. The lowest BCUT2D eigenvalue weighted by atomic mass is 10.0. The second kappa shape index (κ2) is 7.78. The fourth-order valence-electron chi connectivity index (χ4n) is 3.96. The Balaban J connectivity index is 2.09. The molecule has 7 nitrogen and oxygen atoms in total. The molecule has 8 heteroatoms. The minimum Gasteiger partial charge on any atom is -0.481 e. The number of carboxylic acid groups (broad SMARTS) is 1. The maximum absolute atomic E-state index is 13.8. The van der Waals surface area contributed by atoms with Gasteiger partial charge in [-0.25, -0.2) is 8.42 Å². The van der Waals surface area contributed by atoms with Gasteiger partial charge in [-0.15, -0.1) is 0 Å². The summed E-state index contributed by atoms with van der Waals surface area (Å²) in [6.07, 6.45) is 2.99. The van der Waals surface area contributed by atoms with Gasteiger partial charge >= 0.3 is 5.97 Å². The van der Waals surface area contributed by atoms with E-state index in [9.17, 15) is 23.6 Å². The van der Waals surface area contributed by atoms with Gasteiger partial charge in [-0.3, -0.25) is 4.79 Å². The van der Waals surface area contributed by atoms with E-state index in [0.29, 0.717) is 33.6 Å². The molecule has 0 radical (unpaired) electrons. The first kappa shape index (κ1) is 20.4. The number of carboxylic acids is 1. The molecule has 1 unspecified atom stereocenters. The monoisotopic (exact) mass is 433 g/mol. The van der Waals surface area contributed by atoms with E-state index < -0.39 is 21.1 Å². The summed E-state index contributed by atoms with van der Waals surface area (Å²) >= 11 is 0. The van der Waals surface area contributed by atoms with Crippen molar-refractivity contribution < 1.29 is 18.3 Å². The first-order valence-corrected chi connectivity index (χ1v) is 11.1. The van der Waals surface area contributed by atoms with Crippen molar-refractivity contribution in [1.82, 2.24) is 9.38 Å². The zero-order chi connectivity index (χ0) is 22.2. The number of fused-ring (bicyclic) bond motifs is 1. The van der Waals surface area contributed by atoms with Gasteiger partial charge in [0.05, 0.1) is 28.5 Å². The molecule has 0 aliphatic heterocycles. The molecule has 4 rings (SSSR count). The Labute approximate surface area is 179 Å². The molecule has 1 aromatic carbocycles. The Morgan fingerprint density at radius 2 is 1.94 bits per heavy atom. The average Bonchev–Trinajstić information content (AvgIpc) is 3.37. The summed E-state index contributed by atoms with van der Waals surface area (Å²) < 4.78 is 29.3. The smallest absolute Gasteiger partial charge is 0.309 e. The first-order valence-electron chi connectivity index (χ1n) is 9.52. The van der Waals surface area contributed by atoms with Crippen LogP contribution in [0.2, 0.25) is 0 Å². The van der Waals surface area contributed by atoms with Gasteiger partial charge in [-0.2, -0.15) is 5.26 Å². The number of nitrogens with one attached hydrogen (secondary N) is 1. The van der Waals surface area contributed by atoms with Gasteiger partial charge in [0.15, 0.2) is 9.84 Å². The van der Waals surface area contributed by atoms with Crippen molar-refractivity contribution in [3.8, 4) is 6.07 Å². The van der Waals surface area contributed by atoms with Gasteiger partial charge in [-0.1, -0.05) is 18.2 Å². The number of H-pyrrole nitrogens is 1. The van der Waals surface area contributed by atoms with E-state index in [1.165, 1.54) is 12.1 Å². The quantitative estimate of drug-likeness (QED) is 0.482. The number of aromatic amines is 1. The number of nitrogens with zero attached hydrogens (tertiary/aromatic N) is 2. The highest BCUT2D eigenvalue weighted by molar-refractivity contribution is 7.92. The standard InChI is InChI=1S/C23H19N3O4S/c1-15-19(13-21(27)28)26-11-9-16(14-24)12-20(26)22(15)23(18-8-5-10-25-18)31(29,30)17-6-3-2-4-7-17/h2-12,23,25H,13H2,1H3,(H,27,28). The minimum atomic E-state index is -3.90. The largest absolute Gasteiger partial charge is 0.481 e. The lowest BCUT2D eigenvalue weighted by molar-refractivity contribution is -0.136. The molecule has 0 saturated heterocycles. The van der Waals surface area contributed by atoms with Gasteiger partial charge in [0, 0.05) is 29.3 Å². The summed E-state index contributed by atoms with van der Waals surface area (Å²) in [7, 11) is -3.90. The normalized spacial score (nSPS) is 12.5. The van der Waals surface area contributed by atoms with Crippen molar-refractivity contribution in [3.63, 3.8) is 0 Å². The second-order valence-corrected chi connectivity index (χ2v) is 9.23. The number of aliphatic carboxylic acids is 1. The summed E-state index contributed by atoms with van der Waals surface area (Å²) in [4.78, 5) is 14.7. The van der Waals surface area contributed by atoms with Gasteiger partial charge in [0.25, 0.3) is 0 Å². The third-order valence-corrected chi connectivity index (χ3v) is 7.39. The fourth-order valence-corrected chi connectivity index (χ4v) is 5.86. The number of rotatable bonds is 6. The van der Waals surface area contributed by atoms with Crippen molar-refractivity contribution in [2.45, 2.75) is 23.5 Å². The summed E-state index contributed by atoms with van der Waals surface area (Å²) in [5.74, 6) is -1.03. The number of hydrogen-bond donors (Lipinski definition) is 2. The molecule has 31 heavy (non-hydrogen) atoms. The number of benzene rings is 1. The molecular weight excluding hydrogens is 414 g/mol. The van der Waals surface area contributed by atoms with Crippen LogP contribution in [0.3, 0.4) is 0 Å². The van der Waals surface area contributed by atoms with Crippen LogP contribution in [-0.4, -0.2) is 28.9 Å². The third kappa shape index (κ3) is 3.49. The van der Waals surface area contributed by atoms with Crippen LogP contribution in [0.25, 0.3) is 5.52 Å². The number of pyridine rings is 1. The number of hydrogen-bond acceptors (Lipinski definition) is 4. The number of nitriles is 1. The molecule has 3 heterocycles. The van der Waals surface area contributed by atoms with Crippen molar-refractivity contribution in [3.05, 3.63) is 95.1 Å². The van der Waals surface area contributed by atoms with E-state index in [1.54, 1.807) is 66.2 Å².